The van der Waals surface area contributed by atoms with Crippen LogP contribution in [0.5, 0.6) is 0 Å². The van der Waals surface area contributed by atoms with Crippen LogP contribution in [0.4, 0.5) is 8.78 Å². The fourth-order valence-electron chi connectivity index (χ4n) is 3.94. The molecule has 1 fully saturated rings. The van der Waals surface area contributed by atoms with Gasteiger partial charge in [0, 0.05) is 45.3 Å². The Bertz CT molecular complexity index is 807. The van der Waals surface area contributed by atoms with Crippen LogP contribution < -0.4 is 0 Å². The molecule has 4 rings (SSSR count). The Balaban J connectivity index is 1.45. The number of amides is 1. The molecule has 0 spiro atoms. The zero-order valence-electron chi connectivity index (χ0n) is 14.6. The normalized spacial score (nSPS) is 20.6. The Hall–Kier alpha value is -2.28. The van der Waals surface area contributed by atoms with Crippen LogP contribution in [0.15, 0.2) is 30.5 Å². The zero-order chi connectivity index (χ0) is 18.1. The first kappa shape index (κ1) is 17.1. The number of carbonyl (C=O) groups is 1. The minimum absolute atomic E-state index is 0.174. The molecule has 1 amide bonds. The van der Waals surface area contributed by atoms with Gasteiger partial charge < -0.3 is 4.90 Å². The average Bonchev–Trinajstić information content (AvgIpc) is 3.25. The molecule has 1 saturated heterocycles. The Morgan fingerprint density at radius 1 is 1.19 bits per heavy atom. The first-order valence-corrected chi connectivity index (χ1v) is 9.06. The van der Waals surface area contributed by atoms with E-state index in [9.17, 15) is 13.6 Å². The second-order valence-electron chi connectivity index (χ2n) is 7.11. The molecule has 5 nitrogen and oxygen atoms in total. The fraction of sp³-hybridized carbons (Fsp3) is 0.474. The van der Waals surface area contributed by atoms with E-state index in [0.29, 0.717) is 13.0 Å². The maximum absolute atomic E-state index is 13.5. The minimum atomic E-state index is -0.821. The fourth-order valence-corrected chi connectivity index (χ4v) is 3.94. The van der Waals surface area contributed by atoms with E-state index >= 15 is 0 Å². The number of hydrogen-bond donors (Lipinski definition) is 0. The van der Waals surface area contributed by atoms with Crippen LogP contribution in [0.1, 0.15) is 36.6 Å². The SMILES string of the molecule is O=C1CCCN1CC[C@H]1CN(Cc2ccc(F)c(F)c2)Cc2ccnn21. The number of rotatable bonds is 5. The summed E-state index contributed by atoms with van der Waals surface area (Å²) in [6.45, 7) is 3.63. The predicted molar refractivity (Wildman–Crippen MR) is 92.2 cm³/mol. The molecule has 0 N–H and O–H groups in total. The van der Waals surface area contributed by atoms with Crippen LogP contribution in [-0.4, -0.2) is 45.1 Å². The standard InChI is InChI=1S/C19H22F2N4O/c20-17-4-3-14(10-18(17)21)11-23-12-15-5-7-22-25(15)16(13-23)6-9-24-8-1-2-19(24)26/h3-5,7,10,16H,1-2,6,8-9,11-13H2/t16-/m0/s1. The van der Waals surface area contributed by atoms with Gasteiger partial charge in [0.15, 0.2) is 11.6 Å². The molecule has 26 heavy (non-hydrogen) atoms. The smallest absolute Gasteiger partial charge is 0.222 e. The second-order valence-corrected chi connectivity index (χ2v) is 7.11. The van der Waals surface area contributed by atoms with Crippen molar-refractivity contribution in [3.63, 3.8) is 0 Å². The highest BCUT2D eigenvalue weighted by Crippen LogP contribution is 2.25. The van der Waals surface area contributed by atoms with E-state index < -0.39 is 11.6 Å². The summed E-state index contributed by atoms with van der Waals surface area (Å²) in [6.07, 6.45) is 4.23. The molecule has 0 saturated carbocycles. The van der Waals surface area contributed by atoms with Gasteiger partial charge >= 0.3 is 0 Å². The van der Waals surface area contributed by atoms with Crippen molar-refractivity contribution in [3.05, 3.63) is 53.4 Å². The summed E-state index contributed by atoms with van der Waals surface area (Å²) in [5, 5.41) is 4.45. The average molecular weight is 360 g/mol. The minimum Gasteiger partial charge on any atom is -0.343 e. The van der Waals surface area contributed by atoms with Crippen LogP contribution in [0, 0.1) is 11.6 Å². The van der Waals surface area contributed by atoms with Gasteiger partial charge in [-0.25, -0.2) is 8.78 Å². The number of aromatic nitrogens is 2. The molecule has 0 aliphatic carbocycles. The van der Waals surface area contributed by atoms with Crippen molar-refractivity contribution in [1.82, 2.24) is 19.6 Å². The van der Waals surface area contributed by atoms with E-state index in [1.54, 1.807) is 12.3 Å². The maximum atomic E-state index is 13.5. The van der Waals surface area contributed by atoms with Crippen molar-refractivity contribution in [2.75, 3.05) is 19.6 Å². The van der Waals surface area contributed by atoms with Crippen molar-refractivity contribution in [2.24, 2.45) is 0 Å². The van der Waals surface area contributed by atoms with E-state index in [-0.39, 0.29) is 11.9 Å². The summed E-state index contributed by atoms with van der Waals surface area (Å²) in [6, 6.07) is 6.23. The summed E-state index contributed by atoms with van der Waals surface area (Å²) >= 11 is 0. The molecule has 1 aromatic carbocycles. The van der Waals surface area contributed by atoms with E-state index in [1.807, 2.05) is 15.6 Å². The molecular weight excluding hydrogens is 338 g/mol. The number of fused-ring (bicyclic) bond motifs is 1. The molecule has 2 aromatic rings. The van der Waals surface area contributed by atoms with Crippen LogP contribution in [0.2, 0.25) is 0 Å². The lowest BCUT2D eigenvalue weighted by Gasteiger charge is -2.34. The van der Waals surface area contributed by atoms with Gasteiger partial charge in [0.1, 0.15) is 0 Å². The Morgan fingerprint density at radius 3 is 2.85 bits per heavy atom. The molecule has 1 aromatic heterocycles. The maximum Gasteiger partial charge on any atom is 0.222 e. The van der Waals surface area contributed by atoms with Gasteiger partial charge in [-0.15, -0.1) is 0 Å². The molecule has 138 valence electrons. The van der Waals surface area contributed by atoms with Crippen molar-refractivity contribution in [2.45, 2.75) is 38.4 Å². The van der Waals surface area contributed by atoms with Crippen LogP contribution in [-0.2, 0) is 17.9 Å². The van der Waals surface area contributed by atoms with Crippen molar-refractivity contribution < 1.29 is 13.6 Å². The highest BCUT2D eigenvalue weighted by Gasteiger charge is 2.27. The summed E-state index contributed by atoms with van der Waals surface area (Å²) in [5.74, 6) is -1.40. The monoisotopic (exact) mass is 360 g/mol. The number of hydrogen-bond acceptors (Lipinski definition) is 3. The largest absolute Gasteiger partial charge is 0.343 e. The highest BCUT2D eigenvalue weighted by atomic mass is 19.2. The van der Waals surface area contributed by atoms with Gasteiger partial charge in [-0.2, -0.15) is 5.10 Å². The number of benzene rings is 1. The predicted octanol–water partition coefficient (Wildman–Crippen LogP) is 2.73. The summed E-state index contributed by atoms with van der Waals surface area (Å²) in [4.78, 5) is 16.0. The molecule has 0 unspecified atom stereocenters. The molecule has 1 atom stereocenters. The van der Waals surface area contributed by atoms with Crippen LogP contribution in [0.25, 0.3) is 0 Å². The zero-order valence-corrected chi connectivity index (χ0v) is 14.6. The topological polar surface area (TPSA) is 41.4 Å². The van der Waals surface area contributed by atoms with E-state index in [1.165, 1.54) is 12.1 Å². The van der Waals surface area contributed by atoms with Crippen molar-refractivity contribution in [1.29, 1.82) is 0 Å². The van der Waals surface area contributed by atoms with Gasteiger partial charge in [0.25, 0.3) is 0 Å². The summed E-state index contributed by atoms with van der Waals surface area (Å²) < 4.78 is 28.7. The lowest BCUT2D eigenvalue weighted by molar-refractivity contribution is -0.127. The van der Waals surface area contributed by atoms with E-state index in [4.69, 9.17) is 0 Å². The first-order chi connectivity index (χ1) is 12.6. The number of halogens is 2. The molecule has 3 heterocycles. The Labute approximate surface area is 151 Å². The first-order valence-electron chi connectivity index (χ1n) is 9.06. The Morgan fingerprint density at radius 2 is 2.08 bits per heavy atom. The molecule has 0 bridgehead atoms. The van der Waals surface area contributed by atoms with Gasteiger partial charge in [-0.05, 0) is 36.6 Å². The summed E-state index contributed by atoms with van der Waals surface area (Å²) in [5.41, 5.74) is 1.86. The second kappa shape index (κ2) is 7.15. The lowest BCUT2D eigenvalue weighted by Crippen LogP contribution is -2.39. The molecule has 2 aliphatic rings. The van der Waals surface area contributed by atoms with Gasteiger partial charge in [-0.1, -0.05) is 6.07 Å². The van der Waals surface area contributed by atoms with Gasteiger partial charge in [0.05, 0.1) is 11.7 Å². The molecule has 2 aliphatic heterocycles. The van der Waals surface area contributed by atoms with Gasteiger partial charge in [-0.3, -0.25) is 14.4 Å². The quantitative estimate of drug-likeness (QED) is 0.823. The van der Waals surface area contributed by atoms with E-state index in [2.05, 4.69) is 10.00 Å². The van der Waals surface area contributed by atoms with Crippen LogP contribution in [0.3, 0.4) is 0 Å². The Kier molecular flexibility index (Phi) is 4.72. The lowest BCUT2D eigenvalue weighted by atomic mass is 10.1. The third kappa shape index (κ3) is 3.49. The number of nitrogens with zero attached hydrogens (tertiary/aromatic N) is 4. The third-order valence-electron chi connectivity index (χ3n) is 5.25. The van der Waals surface area contributed by atoms with Crippen molar-refractivity contribution in [3.8, 4) is 0 Å². The molecule has 0 radical (unpaired) electrons. The summed E-state index contributed by atoms with van der Waals surface area (Å²) in [7, 11) is 0. The van der Waals surface area contributed by atoms with Gasteiger partial charge in [0.2, 0.25) is 5.91 Å². The van der Waals surface area contributed by atoms with E-state index in [0.717, 1.165) is 50.3 Å². The molecule has 7 heteroatoms. The number of likely N-dealkylation sites (tertiary alicyclic amines) is 1. The van der Waals surface area contributed by atoms with Crippen molar-refractivity contribution >= 4 is 5.91 Å². The third-order valence-corrected chi connectivity index (χ3v) is 5.25. The van der Waals surface area contributed by atoms with Crippen LogP contribution >= 0.6 is 0 Å². The molecular formula is C19H22F2N4O. The highest BCUT2D eigenvalue weighted by molar-refractivity contribution is 5.77. The number of carbonyl (C=O) groups excluding carboxylic acids is 1.